The monoisotopic (exact) mass is 243 g/mol. The Hall–Kier alpha value is -0.470. The second-order valence-corrected chi connectivity index (χ2v) is 4.56. The van der Waals surface area contributed by atoms with Crippen molar-refractivity contribution in [2.45, 2.75) is 51.5 Å². The Morgan fingerprint density at radius 1 is 1.25 bits per heavy atom. The fourth-order valence-electron chi connectivity index (χ4n) is 1.90. The van der Waals surface area contributed by atoms with Gasteiger partial charge in [-0.3, -0.25) is 0 Å². The van der Waals surface area contributed by atoms with Gasteiger partial charge in [0.1, 0.15) is 5.76 Å². The minimum atomic E-state index is 0.300. The van der Waals surface area contributed by atoms with Gasteiger partial charge in [0.15, 0.2) is 5.22 Å². The molecule has 16 heavy (non-hydrogen) atoms. The molecule has 0 fully saturated rings. The molecule has 0 bridgehead atoms. The lowest BCUT2D eigenvalue weighted by Crippen LogP contribution is -2.15. The number of halogens is 1. The van der Waals surface area contributed by atoms with Crippen LogP contribution in [0.25, 0.3) is 0 Å². The normalized spacial score (nSPS) is 12.9. The van der Waals surface area contributed by atoms with Gasteiger partial charge in [-0.15, -0.1) is 0 Å². The van der Waals surface area contributed by atoms with E-state index in [4.69, 9.17) is 16.0 Å². The van der Waals surface area contributed by atoms with Crippen LogP contribution in [0.3, 0.4) is 0 Å². The van der Waals surface area contributed by atoms with E-state index >= 15 is 0 Å². The molecular formula is C13H22ClNO. The highest BCUT2D eigenvalue weighted by Crippen LogP contribution is 2.24. The molecule has 1 atom stereocenters. The molecule has 1 aromatic heterocycles. The van der Waals surface area contributed by atoms with Gasteiger partial charge in [0.2, 0.25) is 0 Å². The molecule has 0 saturated heterocycles. The predicted molar refractivity (Wildman–Crippen MR) is 68.9 cm³/mol. The van der Waals surface area contributed by atoms with Crippen LogP contribution in [0.4, 0.5) is 0 Å². The molecule has 2 nitrogen and oxygen atoms in total. The molecule has 1 rings (SSSR count). The molecule has 0 amide bonds. The van der Waals surface area contributed by atoms with Gasteiger partial charge in [0.05, 0.1) is 6.04 Å². The van der Waals surface area contributed by atoms with Crippen molar-refractivity contribution >= 4 is 11.6 Å². The van der Waals surface area contributed by atoms with E-state index in [9.17, 15) is 0 Å². The van der Waals surface area contributed by atoms with Crippen molar-refractivity contribution in [2.24, 2.45) is 0 Å². The van der Waals surface area contributed by atoms with Crippen LogP contribution >= 0.6 is 11.6 Å². The fraction of sp³-hybridized carbons (Fsp3) is 0.692. The van der Waals surface area contributed by atoms with Crippen molar-refractivity contribution in [2.75, 3.05) is 7.05 Å². The number of furan rings is 1. The number of rotatable bonds is 8. The molecule has 92 valence electrons. The summed E-state index contributed by atoms with van der Waals surface area (Å²) in [6.07, 6.45) is 7.64. The zero-order valence-corrected chi connectivity index (χ0v) is 11.0. The van der Waals surface area contributed by atoms with E-state index < -0.39 is 0 Å². The van der Waals surface area contributed by atoms with Crippen LogP contribution in [0.15, 0.2) is 16.5 Å². The first-order valence-corrected chi connectivity index (χ1v) is 6.58. The van der Waals surface area contributed by atoms with E-state index in [1.54, 1.807) is 6.07 Å². The van der Waals surface area contributed by atoms with Crippen LogP contribution in [-0.2, 0) is 0 Å². The molecule has 0 aliphatic carbocycles. The SMILES string of the molecule is CCCCCCCC(NC)c1ccc(Cl)o1. The smallest absolute Gasteiger partial charge is 0.193 e. The van der Waals surface area contributed by atoms with Crippen LogP contribution in [0, 0.1) is 0 Å². The summed E-state index contributed by atoms with van der Waals surface area (Å²) in [6, 6.07) is 4.06. The summed E-state index contributed by atoms with van der Waals surface area (Å²) in [5, 5.41) is 3.74. The first-order valence-electron chi connectivity index (χ1n) is 6.20. The third kappa shape index (κ3) is 4.58. The molecule has 0 aromatic carbocycles. The average Bonchev–Trinajstić information content (AvgIpc) is 2.70. The Labute approximate surface area is 103 Å². The van der Waals surface area contributed by atoms with E-state index in [1.807, 2.05) is 13.1 Å². The highest BCUT2D eigenvalue weighted by Gasteiger charge is 2.12. The molecule has 0 saturated carbocycles. The lowest BCUT2D eigenvalue weighted by atomic mass is 10.0. The van der Waals surface area contributed by atoms with Crippen LogP contribution in [-0.4, -0.2) is 7.05 Å². The first kappa shape index (κ1) is 13.6. The van der Waals surface area contributed by atoms with Crippen molar-refractivity contribution < 1.29 is 4.42 Å². The zero-order chi connectivity index (χ0) is 11.8. The summed E-state index contributed by atoms with van der Waals surface area (Å²) in [7, 11) is 1.97. The summed E-state index contributed by atoms with van der Waals surface area (Å²) in [5.41, 5.74) is 0. The van der Waals surface area contributed by atoms with Crippen LogP contribution < -0.4 is 5.32 Å². The third-order valence-electron chi connectivity index (χ3n) is 2.88. The summed E-state index contributed by atoms with van der Waals surface area (Å²) < 4.78 is 5.42. The van der Waals surface area contributed by atoms with E-state index in [0.717, 1.165) is 12.2 Å². The van der Waals surface area contributed by atoms with Crippen molar-refractivity contribution in [1.29, 1.82) is 0 Å². The molecule has 1 N–H and O–H groups in total. The fourth-order valence-corrected chi connectivity index (χ4v) is 2.05. The zero-order valence-electron chi connectivity index (χ0n) is 10.3. The second-order valence-electron chi connectivity index (χ2n) is 4.19. The highest BCUT2D eigenvalue weighted by molar-refractivity contribution is 6.28. The molecule has 0 spiro atoms. The van der Waals surface area contributed by atoms with Gasteiger partial charge in [0, 0.05) is 0 Å². The summed E-state index contributed by atoms with van der Waals surface area (Å²) in [4.78, 5) is 0. The standard InChI is InChI=1S/C13H22ClNO/c1-3-4-5-6-7-8-11(15-2)12-9-10-13(14)16-12/h9-11,15H,3-8H2,1-2H3. The average molecular weight is 244 g/mol. The van der Waals surface area contributed by atoms with Crippen molar-refractivity contribution in [1.82, 2.24) is 5.32 Å². The molecule has 0 radical (unpaired) electrons. The largest absolute Gasteiger partial charge is 0.448 e. The van der Waals surface area contributed by atoms with Crippen LogP contribution in [0.2, 0.25) is 5.22 Å². The van der Waals surface area contributed by atoms with Gasteiger partial charge in [-0.1, -0.05) is 39.0 Å². The Morgan fingerprint density at radius 3 is 2.56 bits per heavy atom. The van der Waals surface area contributed by atoms with Crippen molar-refractivity contribution in [3.63, 3.8) is 0 Å². The van der Waals surface area contributed by atoms with Crippen molar-refractivity contribution in [3.8, 4) is 0 Å². The minimum Gasteiger partial charge on any atom is -0.448 e. The molecule has 1 heterocycles. The van der Waals surface area contributed by atoms with Crippen LogP contribution in [0.5, 0.6) is 0 Å². The quantitative estimate of drug-likeness (QED) is 0.678. The number of nitrogens with one attached hydrogen (secondary N) is 1. The van der Waals surface area contributed by atoms with Gasteiger partial charge >= 0.3 is 0 Å². The molecule has 3 heteroatoms. The molecule has 0 aliphatic heterocycles. The topological polar surface area (TPSA) is 25.2 Å². The van der Waals surface area contributed by atoms with Gasteiger partial charge < -0.3 is 9.73 Å². The Morgan fingerprint density at radius 2 is 2.00 bits per heavy atom. The maximum absolute atomic E-state index is 5.77. The number of hydrogen-bond donors (Lipinski definition) is 1. The summed E-state index contributed by atoms with van der Waals surface area (Å²) in [5.74, 6) is 0.947. The van der Waals surface area contributed by atoms with E-state index in [2.05, 4.69) is 12.2 Å². The number of unbranched alkanes of at least 4 members (excludes halogenated alkanes) is 4. The number of hydrogen-bond acceptors (Lipinski definition) is 2. The van der Waals surface area contributed by atoms with E-state index in [-0.39, 0.29) is 0 Å². The van der Waals surface area contributed by atoms with E-state index in [0.29, 0.717) is 11.3 Å². The minimum absolute atomic E-state index is 0.300. The van der Waals surface area contributed by atoms with Crippen molar-refractivity contribution in [3.05, 3.63) is 23.1 Å². The first-order chi connectivity index (χ1) is 7.77. The molecule has 1 aromatic rings. The Balaban J connectivity index is 2.27. The van der Waals surface area contributed by atoms with Crippen LogP contribution in [0.1, 0.15) is 57.3 Å². The summed E-state index contributed by atoms with van der Waals surface area (Å²) >= 11 is 5.77. The molecular weight excluding hydrogens is 222 g/mol. The lowest BCUT2D eigenvalue weighted by molar-refractivity contribution is 0.403. The maximum Gasteiger partial charge on any atom is 0.193 e. The summed E-state index contributed by atoms with van der Waals surface area (Å²) in [6.45, 7) is 2.24. The molecule has 0 aliphatic rings. The van der Waals surface area contributed by atoms with Gasteiger partial charge in [-0.2, -0.15) is 0 Å². The predicted octanol–water partition coefficient (Wildman–Crippen LogP) is 4.55. The molecule has 1 unspecified atom stereocenters. The van der Waals surface area contributed by atoms with Gasteiger partial charge in [0.25, 0.3) is 0 Å². The Bertz CT molecular complexity index is 285. The Kier molecular flexibility index (Phi) is 6.58. The highest BCUT2D eigenvalue weighted by atomic mass is 35.5. The van der Waals surface area contributed by atoms with Gasteiger partial charge in [-0.25, -0.2) is 0 Å². The van der Waals surface area contributed by atoms with Gasteiger partial charge in [-0.05, 0) is 37.2 Å². The second kappa shape index (κ2) is 7.75. The maximum atomic E-state index is 5.77. The lowest BCUT2D eigenvalue weighted by Gasteiger charge is -2.13. The van der Waals surface area contributed by atoms with E-state index in [1.165, 1.54) is 32.1 Å². The third-order valence-corrected chi connectivity index (χ3v) is 3.09.